The molecule has 1 atom stereocenters. The molecule has 0 aromatic heterocycles. The molecule has 1 aliphatic heterocycles. The number of rotatable bonds is 7. The number of nitrogens with two attached hydrogens (primary N) is 1. The summed E-state index contributed by atoms with van der Waals surface area (Å²) in [4.78, 5) is 5.15. The molecule has 0 aliphatic carbocycles. The lowest BCUT2D eigenvalue weighted by Crippen LogP contribution is -2.58. The first-order valence-electron chi connectivity index (χ1n) is 7.33. The van der Waals surface area contributed by atoms with Gasteiger partial charge in [-0.15, -0.1) is 0 Å². The Labute approximate surface area is 107 Å². The highest BCUT2D eigenvalue weighted by molar-refractivity contribution is 4.90. The van der Waals surface area contributed by atoms with Gasteiger partial charge in [-0.3, -0.25) is 4.90 Å². The molecule has 0 amide bonds. The van der Waals surface area contributed by atoms with Gasteiger partial charge in [0.15, 0.2) is 0 Å². The number of hydrogen-bond acceptors (Lipinski definition) is 3. The zero-order chi connectivity index (χ0) is 12.7. The summed E-state index contributed by atoms with van der Waals surface area (Å²) in [5.41, 5.74) is 6.26. The fourth-order valence-electron chi connectivity index (χ4n) is 2.75. The summed E-state index contributed by atoms with van der Waals surface area (Å²) >= 11 is 0. The maximum absolute atomic E-state index is 6.03. The summed E-state index contributed by atoms with van der Waals surface area (Å²) in [5, 5.41) is 0. The van der Waals surface area contributed by atoms with Gasteiger partial charge in [-0.2, -0.15) is 0 Å². The molecule has 1 aliphatic rings. The predicted molar refractivity (Wildman–Crippen MR) is 75.3 cm³/mol. The van der Waals surface area contributed by atoms with Gasteiger partial charge in [-0.25, -0.2) is 0 Å². The van der Waals surface area contributed by atoms with Crippen molar-refractivity contribution in [2.24, 2.45) is 5.73 Å². The van der Waals surface area contributed by atoms with Crippen molar-refractivity contribution in [1.29, 1.82) is 0 Å². The van der Waals surface area contributed by atoms with E-state index in [-0.39, 0.29) is 5.54 Å². The number of nitrogens with zero attached hydrogens (tertiary/aromatic N) is 2. The van der Waals surface area contributed by atoms with Crippen LogP contribution in [0.1, 0.15) is 46.5 Å². The third-order valence-corrected chi connectivity index (χ3v) is 4.34. The van der Waals surface area contributed by atoms with Crippen molar-refractivity contribution in [2.75, 3.05) is 39.3 Å². The van der Waals surface area contributed by atoms with Crippen LogP contribution >= 0.6 is 0 Å². The summed E-state index contributed by atoms with van der Waals surface area (Å²) in [7, 11) is 0. The monoisotopic (exact) mass is 241 g/mol. The van der Waals surface area contributed by atoms with Gasteiger partial charge in [0.25, 0.3) is 0 Å². The predicted octanol–water partition coefficient (Wildman–Crippen LogP) is 1.92. The molecule has 0 bridgehead atoms. The lowest BCUT2D eigenvalue weighted by molar-refractivity contribution is 0.0418. The van der Waals surface area contributed by atoms with Crippen molar-refractivity contribution in [3.8, 4) is 0 Å². The highest BCUT2D eigenvalue weighted by atomic mass is 15.3. The molecular formula is C14H31N3. The zero-order valence-electron chi connectivity index (χ0n) is 12.0. The highest BCUT2D eigenvalue weighted by Crippen LogP contribution is 2.23. The standard InChI is InChI=1S/C14H31N3/c1-4-6-7-8-14(3,13-15)17-11-9-16(5-2)10-12-17/h4-13,15H2,1-3H3. The van der Waals surface area contributed by atoms with E-state index in [0.29, 0.717) is 0 Å². The molecule has 0 saturated carbocycles. The largest absolute Gasteiger partial charge is 0.329 e. The molecule has 0 radical (unpaired) electrons. The molecule has 2 N–H and O–H groups in total. The molecule has 102 valence electrons. The molecule has 1 heterocycles. The second-order valence-electron chi connectivity index (χ2n) is 5.58. The first kappa shape index (κ1) is 14.9. The first-order chi connectivity index (χ1) is 8.16. The molecule has 3 heteroatoms. The lowest BCUT2D eigenvalue weighted by Gasteiger charge is -2.45. The highest BCUT2D eigenvalue weighted by Gasteiger charge is 2.31. The maximum Gasteiger partial charge on any atom is 0.0304 e. The summed E-state index contributed by atoms with van der Waals surface area (Å²) < 4.78 is 0. The molecule has 0 spiro atoms. The first-order valence-corrected chi connectivity index (χ1v) is 7.33. The summed E-state index contributed by atoms with van der Waals surface area (Å²) in [5.74, 6) is 0. The normalized spacial score (nSPS) is 22.6. The van der Waals surface area contributed by atoms with Gasteiger partial charge in [-0.05, 0) is 19.9 Å². The average molecular weight is 241 g/mol. The number of hydrogen-bond donors (Lipinski definition) is 1. The SMILES string of the molecule is CCCCCC(C)(CN)N1CCN(CC)CC1. The van der Waals surface area contributed by atoms with E-state index in [1.807, 2.05) is 0 Å². The van der Waals surface area contributed by atoms with Crippen LogP contribution in [0.25, 0.3) is 0 Å². The van der Waals surface area contributed by atoms with Crippen LogP contribution in [0.5, 0.6) is 0 Å². The van der Waals surface area contributed by atoms with E-state index in [4.69, 9.17) is 5.73 Å². The molecule has 1 rings (SSSR count). The second-order valence-corrected chi connectivity index (χ2v) is 5.58. The van der Waals surface area contributed by atoms with Gasteiger partial charge >= 0.3 is 0 Å². The molecular weight excluding hydrogens is 210 g/mol. The Morgan fingerprint density at radius 2 is 1.71 bits per heavy atom. The van der Waals surface area contributed by atoms with Crippen LogP contribution in [0.15, 0.2) is 0 Å². The third-order valence-electron chi connectivity index (χ3n) is 4.34. The van der Waals surface area contributed by atoms with Crippen molar-refractivity contribution in [3.05, 3.63) is 0 Å². The second kappa shape index (κ2) is 7.34. The Morgan fingerprint density at radius 1 is 1.06 bits per heavy atom. The van der Waals surface area contributed by atoms with Gasteiger partial charge in [0, 0.05) is 38.3 Å². The third kappa shape index (κ3) is 4.23. The Hall–Kier alpha value is -0.120. The van der Waals surface area contributed by atoms with E-state index in [2.05, 4.69) is 30.6 Å². The number of likely N-dealkylation sites (N-methyl/N-ethyl adjacent to an activating group) is 1. The van der Waals surface area contributed by atoms with Crippen LogP contribution in [-0.4, -0.2) is 54.6 Å². The van der Waals surface area contributed by atoms with Gasteiger partial charge < -0.3 is 10.6 Å². The van der Waals surface area contributed by atoms with Crippen LogP contribution in [0.2, 0.25) is 0 Å². The van der Waals surface area contributed by atoms with Gasteiger partial charge in [0.2, 0.25) is 0 Å². The molecule has 1 unspecified atom stereocenters. The molecule has 1 fully saturated rings. The van der Waals surface area contributed by atoms with Crippen LogP contribution in [0, 0.1) is 0 Å². The Morgan fingerprint density at radius 3 is 2.18 bits per heavy atom. The summed E-state index contributed by atoms with van der Waals surface area (Å²) in [6, 6.07) is 0. The minimum atomic E-state index is 0.231. The molecule has 17 heavy (non-hydrogen) atoms. The van der Waals surface area contributed by atoms with Gasteiger partial charge in [0.05, 0.1) is 0 Å². The van der Waals surface area contributed by atoms with E-state index in [0.717, 1.165) is 6.54 Å². The quantitative estimate of drug-likeness (QED) is 0.691. The van der Waals surface area contributed by atoms with Crippen molar-refractivity contribution < 1.29 is 0 Å². The fourth-order valence-corrected chi connectivity index (χ4v) is 2.75. The van der Waals surface area contributed by atoms with E-state index in [9.17, 15) is 0 Å². The van der Waals surface area contributed by atoms with Crippen LogP contribution in [-0.2, 0) is 0 Å². The smallest absolute Gasteiger partial charge is 0.0304 e. The fraction of sp³-hybridized carbons (Fsp3) is 1.00. The van der Waals surface area contributed by atoms with E-state index >= 15 is 0 Å². The number of piperazine rings is 1. The molecule has 1 saturated heterocycles. The van der Waals surface area contributed by atoms with Crippen LogP contribution in [0.3, 0.4) is 0 Å². The van der Waals surface area contributed by atoms with Crippen molar-refractivity contribution in [1.82, 2.24) is 9.80 Å². The Kier molecular flexibility index (Phi) is 6.45. The minimum Gasteiger partial charge on any atom is -0.329 e. The van der Waals surface area contributed by atoms with Gasteiger partial charge in [-0.1, -0.05) is 33.1 Å². The van der Waals surface area contributed by atoms with Crippen molar-refractivity contribution in [3.63, 3.8) is 0 Å². The van der Waals surface area contributed by atoms with E-state index in [1.54, 1.807) is 0 Å². The topological polar surface area (TPSA) is 32.5 Å². The number of unbranched alkanes of at least 4 members (excludes halogenated alkanes) is 2. The van der Waals surface area contributed by atoms with Crippen molar-refractivity contribution in [2.45, 2.75) is 52.0 Å². The van der Waals surface area contributed by atoms with Crippen LogP contribution < -0.4 is 5.73 Å². The maximum atomic E-state index is 6.03. The zero-order valence-corrected chi connectivity index (χ0v) is 12.0. The van der Waals surface area contributed by atoms with E-state index < -0.39 is 0 Å². The molecule has 0 aromatic rings. The lowest BCUT2D eigenvalue weighted by atomic mass is 9.91. The van der Waals surface area contributed by atoms with E-state index in [1.165, 1.54) is 58.4 Å². The molecule has 3 nitrogen and oxygen atoms in total. The van der Waals surface area contributed by atoms with Gasteiger partial charge in [0.1, 0.15) is 0 Å². The molecule has 0 aromatic carbocycles. The average Bonchev–Trinajstić information content (AvgIpc) is 2.39. The minimum absolute atomic E-state index is 0.231. The Balaban J connectivity index is 2.43. The van der Waals surface area contributed by atoms with Crippen molar-refractivity contribution >= 4 is 0 Å². The summed E-state index contributed by atoms with van der Waals surface area (Å²) in [6.45, 7) is 13.6. The Bertz CT molecular complexity index is 200. The van der Waals surface area contributed by atoms with Crippen LogP contribution in [0.4, 0.5) is 0 Å². The summed E-state index contributed by atoms with van der Waals surface area (Å²) in [6.07, 6.45) is 5.20.